The zero-order valence-electron chi connectivity index (χ0n) is 10.6. The van der Waals surface area contributed by atoms with Crippen LogP contribution < -0.4 is 9.62 Å². The predicted molar refractivity (Wildman–Crippen MR) is 70.2 cm³/mol. The minimum absolute atomic E-state index is 0.0607. The number of hydrogen-bond acceptors (Lipinski definition) is 5. The smallest absolute Gasteiger partial charge is 0.201 e. The maximum atomic E-state index is 10.6. The van der Waals surface area contributed by atoms with Gasteiger partial charge in [-0.3, -0.25) is 0 Å². The molecule has 2 rings (SSSR count). The molecule has 0 unspecified atom stereocenters. The predicted octanol–water partition coefficient (Wildman–Crippen LogP) is 0.178. The van der Waals surface area contributed by atoms with Gasteiger partial charge in [0.1, 0.15) is 12.1 Å². The van der Waals surface area contributed by atoms with E-state index in [0.29, 0.717) is 0 Å². The molecule has 7 heteroatoms. The number of nitrogens with one attached hydrogen (secondary N) is 1. The van der Waals surface area contributed by atoms with Gasteiger partial charge in [0.05, 0.1) is 0 Å². The van der Waals surface area contributed by atoms with Gasteiger partial charge < -0.3 is 4.90 Å². The topological polar surface area (TPSA) is 75.2 Å². The van der Waals surface area contributed by atoms with Gasteiger partial charge in [-0.05, 0) is 26.7 Å². The van der Waals surface area contributed by atoms with Crippen molar-refractivity contribution in [1.82, 2.24) is 14.7 Å². The van der Waals surface area contributed by atoms with Crippen LogP contribution in [-0.4, -0.2) is 37.5 Å². The lowest BCUT2D eigenvalue weighted by atomic mass is 10.1. The number of aromatic nitrogens is 2. The SMILES string of the molecule is Cc1ncnc(N2CCC(N[SH](=O)=O)CC2)c1C. The molecule has 6 nitrogen and oxygen atoms in total. The molecule has 0 radical (unpaired) electrons. The van der Waals surface area contributed by atoms with Crippen LogP contribution >= 0.6 is 0 Å². The van der Waals surface area contributed by atoms with Crippen molar-refractivity contribution in [3.05, 3.63) is 17.6 Å². The highest BCUT2D eigenvalue weighted by Gasteiger charge is 2.21. The van der Waals surface area contributed by atoms with E-state index >= 15 is 0 Å². The van der Waals surface area contributed by atoms with Crippen LogP contribution in [0.15, 0.2) is 6.33 Å². The van der Waals surface area contributed by atoms with Crippen molar-refractivity contribution in [2.24, 2.45) is 0 Å². The fourth-order valence-electron chi connectivity index (χ4n) is 2.21. The number of anilines is 1. The summed E-state index contributed by atoms with van der Waals surface area (Å²) in [6.07, 6.45) is 3.20. The summed E-state index contributed by atoms with van der Waals surface area (Å²) in [7, 11) is -2.50. The molecule has 2 heterocycles. The summed E-state index contributed by atoms with van der Waals surface area (Å²) < 4.78 is 23.8. The zero-order chi connectivity index (χ0) is 13.1. The molecule has 1 saturated heterocycles. The van der Waals surface area contributed by atoms with Crippen molar-refractivity contribution in [1.29, 1.82) is 0 Å². The Hall–Kier alpha value is -1.21. The lowest BCUT2D eigenvalue weighted by molar-refractivity contribution is 0.463. The molecule has 0 aliphatic carbocycles. The Labute approximate surface area is 109 Å². The van der Waals surface area contributed by atoms with E-state index in [1.165, 1.54) is 0 Å². The van der Waals surface area contributed by atoms with Crippen LogP contribution in [0, 0.1) is 13.8 Å². The third kappa shape index (κ3) is 2.97. The van der Waals surface area contributed by atoms with Gasteiger partial charge in [0, 0.05) is 30.4 Å². The van der Waals surface area contributed by atoms with Gasteiger partial charge in [-0.15, -0.1) is 0 Å². The monoisotopic (exact) mass is 270 g/mol. The number of thiol groups is 1. The summed E-state index contributed by atoms with van der Waals surface area (Å²) in [6, 6.07) is 0.0607. The van der Waals surface area contributed by atoms with Crippen LogP contribution in [0.4, 0.5) is 5.82 Å². The third-order valence-electron chi connectivity index (χ3n) is 3.39. The first-order valence-electron chi connectivity index (χ1n) is 6.01. The van der Waals surface area contributed by atoms with E-state index in [0.717, 1.165) is 43.0 Å². The van der Waals surface area contributed by atoms with Crippen molar-refractivity contribution < 1.29 is 8.42 Å². The second-order valence-electron chi connectivity index (χ2n) is 4.56. The Bertz CT molecular complexity index is 488. The van der Waals surface area contributed by atoms with E-state index in [-0.39, 0.29) is 6.04 Å². The van der Waals surface area contributed by atoms with E-state index < -0.39 is 10.9 Å². The van der Waals surface area contributed by atoms with Crippen LogP contribution in [0.2, 0.25) is 0 Å². The second-order valence-corrected chi connectivity index (χ2v) is 5.33. The molecular formula is C11H18N4O2S. The average Bonchev–Trinajstić information content (AvgIpc) is 2.33. The van der Waals surface area contributed by atoms with Crippen molar-refractivity contribution in [3.8, 4) is 0 Å². The van der Waals surface area contributed by atoms with Crippen LogP contribution in [-0.2, 0) is 10.9 Å². The lowest BCUT2D eigenvalue weighted by Crippen LogP contribution is -2.42. The highest BCUT2D eigenvalue weighted by atomic mass is 32.2. The zero-order valence-corrected chi connectivity index (χ0v) is 11.5. The Kier molecular flexibility index (Phi) is 4.13. The maximum Gasteiger partial charge on any atom is 0.201 e. The average molecular weight is 270 g/mol. The number of nitrogens with zero attached hydrogens (tertiary/aromatic N) is 3. The number of rotatable bonds is 3. The second kappa shape index (κ2) is 5.62. The number of aryl methyl sites for hydroxylation is 1. The first-order chi connectivity index (χ1) is 8.58. The first-order valence-corrected chi connectivity index (χ1v) is 7.19. The van der Waals surface area contributed by atoms with Gasteiger partial charge in [-0.25, -0.2) is 23.1 Å². The van der Waals surface area contributed by atoms with Gasteiger partial charge in [-0.1, -0.05) is 0 Å². The molecule has 100 valence electrons. The van der Waals surface area contributed by atoms with Crippen molar-refractivity contribution in [3.63, 3.8) is 0 Å². The molecule has 1 fully saturated rings. The standard InChI is InChI=1S/C11H18N4O2S/c1-8-9(2)12-7-13-11(8)15-5-3-10(4-6-15)14-18(16)17/h7,10,18H,3-6H2,1-2H3,(H,14,16,17). The molecule has 0 atom stereocenters. The summed E-state index contributed by atoms with van der Waals surface area (Å²) in [6.45, 7) is 5.62. The van der Waals surface area contributed by atoms with Gasteiger partial charge in [0.2, 0.25) is 10.9 Å². The largest absolute Gasteiger partial charge is 0.356 e. The lowest BCUT2D eigenvalue weighted by Gasteiger charge is -2.33. The van der Waals surface area contributed by atoms with Gasteiger partial charge >= 0.3 is 0 Å². The molecule has 0 bridgehead atoms. The van der Waals surface area contributed by atoms with E-state index in [1.807, 2.05) is 13.8 Å². The molecule has 0 aromatic carbocycles. The highest BCUT2D eigenvalue weighted by molar-refractivity contribution is 7.70. The molecule has 0 spiro atoms. The van der Waals surface area contributed by atoms with E-state index in [4.69, 9.17) is 0 Å². The Balaban J connectivity index is 2.03. The van der Waals surface area contributed by atoms with Crippen molar-refractivity contribution in [2.75, 3.05) is 18.0 Å². The van der Waals surface area contributed by atoms with E-state index in [9.17, 15) is 8.42 Å². The van der Waals surface area contributed by atoms with Crippen molar-refractivity contribution in [2.45, 2.75) is 32.7 Å². The molecule has 1 aromatic rings. The minimum Gasteiger partial charge on any atom is -0.356 e. The fraction of sp³-hybridized carbons (Fsp3) is 0.636. The molecule has 0 saturated carbocycles. The summed E-state index contributed by atoms with van der Waals surface area (Å²) >= 11 is 0. The van der Waals surface area contributed by atoms with Crippen LogP contribution in [0.25, 0.3) is 0 Å². The molecule has 0 amide bonds. The van der Waals surface area contributed by atoms with E-state index in [1.54, 1.807) is 6.33 Å². The summed E-state index contributed by atoms with van der Waals surface area (Å²) in [5.41, 5.74) is 2.08. The summed E-state index contributed by atoms with van der Waals surface area (Å²) in [4.78, 5) is 10.7. The molecule has 18 heavy (non-hydrogen) atoms. The quantitative estimate of drug-likeness (QED) is 0.766. The van der Waals surface area contributed by atoms with Gasteiger partial charge in [0.15, 0.2) is 0 Å². The van der Waals surface area contributed by atoms with Gasteiger partial charge in [0.25, 0.3) is 0 Å². The maximum absolute atomic E-state index is 10.6. The Morgan fingerprint density at radius 1 is 1.28 bits per heavy atom. The molecule has 1 aromatic heterocycles. The van der Waals surface area contributed by atoms with Crippen molar-refractivity contribution >= 4 is 16.7 Å². The molecular weight excluding hydrogens is 252 g/mol. The molecule has 1 aliphatic rings. The fourth-order valence-corrected chi connectivity index (χ4v) is 2.77. The minimum atomic E-state index is -2.50. The van der Waals surface area contributed by atoms with Crippen LogP contribution in [0.3, 0.4) is 0 Å². The normalized spacial score (nSPS) is 17.4. The Morgan fingerprint density at radius 2 is 1.94 bits per heavy atom. The summed E-state index contributed by atoms with van der Waals surface area (Å²) in [5.74, 6) is 0.965. The Morgan fingerprint density at radius 3 is 2.56 bits per heavy atom. The first kappa shape index (κ1) is 13.2. The van der Waals surface area contributed by atoms with Gasteiger partial charge in [-0.2, -0.15) is 0 Å². The van der Waals surface area contributed by atoms with E-state index in [2.05, 4.69) is 19.6 Å². The molecule has 1 N–H and O–H groups in total. The summed E-state index contributed by atoms with van der Waals surface area (Å²) in [5, 5.41) is 0. The number of piperidine rings is 1. The highest BCUT2D eigenvalue weighted by Crippen LogP contribution is 2.22. The molecule has 1 aliphatic heterocycles. The number of hydrogen-bond donors (Lipinski definition) is 2. The van der Waals surface area contributed by atoms with Crippen LogP contribution in [0.5, 0.6) is 0 Å². The third-order valence-corrected chi connectivity index (χ3v) is 3.97. The van der Waals surface area contributed by atoms with Crippen LogP contribution in [0.1, 0.15) is 24.1 Å².